The lowest BCUT2D eigenvalue weighted by Crippen LogP contribution is -2.53. The smallest absolute Gasteiger partial charge is 0.417 e. The van der Waals surface area contributed by atoms with E-state index in [1.165, 1.54) is 31.4 Å². The summed E-state index contributed by atoms with van der Waals surface area (Å²) >= 11 is 0. The van der Waals surface area contributed by atoms with Crippen molar-refractivity contribution in [3.8, 4) is 11.3 Å². The molecule has 4 unspecified atom stereocenters. The van der Waals surface area contributed by atoms with Gasteiger partial charge in [0.2, 0.25) is 0 Å². The number of hydrogen-bond acceptors (Lipinski definition) is 6. The Morgan fingerprint density at radius 2 is 1.97 bits per heavy atom. The third-order valence-electron chi connectivity index (χ3n) is 5.85. The van der Waals surface area contributed by atoms with Crippen molar-refractivity contribution in [2.45, 2.75) is 56.7 Å². The summed E-state index contributed by atoms with van der Waals surface area (Å²) in [5.74, 6) is -1.12. The number of hydrogen-bond donors (Lipinski definition) is 0. The number of fused-ring (bicyclic) bond motifs is 1. The largest absolute Gasteiger partial charge is 0.467 e. The van der Waals surface area contributed by atoms with E-state index in [2.05, 4.69) is 5.16 Å². The van der Waals surface area contributed by atoms with Crippen LogP contribution in [-0.4, -0.2) is 53.3 Å². The van der Waals surface area contributed by atoms with Crippen molar-refractivity contribution in [2.75, 3.05) is 7.11 Å². The molecule has 0 radical (unpaired) electrons. The van der Waals surface area contributed by atoms with Crippen LogP contribution < -0.4 is 0 Å². The number of carbonyl (C=O) groups is 2. The van der Waals surface area contributed by atoms with Crippen molar-refractivity contribution in [3.63, 3.8) is 0 Å². The van der Waals surface area contributed by atoms with Crippen molar-refractivity contribution in [1.29, 1.82) is 0 Å². The van der Waals surface area contributed by atoms with Gasteiger partial charge in [0.25, 0.3) is 5.91 Å². The van der Waals surface area contributed by atoms with E-state index in [0.717, 1.165) is 6.07 Å². The first-order valence-electron chi connectivity index (χ1n) is 9.90. The maximum atomic E-state index is 13.3. The van der Waals surface area contributed by atoms with Crippen LogP contribution in [0, 0.1) is 0 Å². The van der Waals surface area contributed by atoms with E-state index in [-0.39, 0.29) is 41.6 Å². The van der Waals surface area contributed by atoms with Crippen LogP contribution in [0.1, 0.15) is 42.2 Å². The highest BCUT2D eigenvalue weighted by atomic mass is 19.4. The molecule has 1 aromatic carbocycles. The number of amides is 1. The normalized spacial score (nSPS) is 25.9. The minimum absolute atomic E-state index is 0.0963. The Morgan fingerprint density at radius 1 is 1.23 bits per heavy atom. The van der Waals surface area contributed by atoms with Crippen LogP contribution in [0.2, 0.25) is 0 Å². The van der Waals surface area contributed by atoms with E-state index < -0.39 is 29.7 Å². The van der Waals surface area contributed by atoms with E-state index in [0.29, 0.717) is 12.8 Å². The van der Waals surface area contributed by atoms with Crippen molar-refractivity contribution in [3.05, 3.63) is 41.6 Å². The van der Waals surface area contributed by atoms with Crippen LogP contribution in [0.25, 0.3) is 11.3 Å². The molecule has 1 aromatic heterocycles. The number of benzene rings is 1. The predicted octanol–water partition coefficient (Wildman–Crippen LogP) is 3.68. The van der Waals surface area contributed by atoms with Gasteiger partial charge in [-0.05, 0) is 25.8 Å². The number of carbonyl (C=O) groups excluding carboxylic acids is 2. The Labute approximate surface area is 176 Å². The number of piperidine rings is 1. The molecule has 0 saturated carbocycles. The monoisotopic (exact) mass is 438 g/mol. The summed E-state index contributed by atoms with van der Waals surface area (Å²) in [5, 5.41) is 3.74. The van der Waals surface area contributed by atoms with Gasteiger partial charge in [0.05, 0.1) is 24.8 Å². The van der Waals surface area contributed by atoms with Crippen molar-refractivity contribution < 1.29 is 36.8 Å². The molecule has 166 valence electrons. The highest BCUT2D eigenvalue weighted by Crippen LogP contribution is 2.39. The standard InChI is InChI=1S/C21H21F3N2O5/c1-11-7-8-16-15(10-18(30-16)20(28)29-2)26(11)19(27)14-9-17(31-25-14)12-5-3-4-6-13(12)21(22,23)24/h3-6,9,11,15-16,18H,7-8,10H2,1-2H3. The number of likely N-dealkylation sites (tertiary alicyclic amines) is 1. The van der Waals surface area contributed by atoms with Gasteiger partial charge in [-0.15, -0.1) is 0 Å². The van der Waals surface area contributed by atoms with E-state index in [9.17, 15) is 22.8 Å². The Morgan fingerprint density at radius 3 is 2.68 bits per heavy atom. The number of halogens is 3. The van der Waals surface area contributed by atoms with Gasteiger partial charge in [-0.3, -0.25) is 4.79 Å². The molecule has 2 aromatic rings. The number of ether oxygens (including phenoxy) is 2. The fraction of sp³-hybridized carbons (Fsp3) is 0.476. The number of nitrogens with zero attached hydrogens (tertiary/aromatic N) is 2. The summed E-state index contributed by atoms with van der Waals surface area (Å²) in [5.41, 5.74) is -1.16. The highest BCUT2D eigenvalue weighted by molar-refractivity contribution is 5.94. The van der Waals surface area contributed by atoms with Gasteiger partial charge in [-0.2, -0.15) is 13.2 Å². The average Bonchev–Trinajstić information content (AvgIpc) is 3.39. The maximum absolute atomic E-state index is 13.3. The van der Waals surface area contributed by atoms with Crippen molar-refractivity contribution in [2.24, 2.45) is 0 Å². The molecule has 2 saturated heterocycles. The Hall–Kier alpha value is -2.88. The average molecular weight is 438 g/mol. The molecule has 0 aliphatic carbocycles. The summed E-state index contributed by atoms with van der Waals surface area (Å²) in [4.78, 5) is 26.7. The number of alkyl halides is 3. The zero-order valence-corrected chi connectivity index (χ0v) is 16.9. The molecule has 31 heavy (non-hydrogen) atoms. The third kappa shape index (κ3) is 3.91. The molecule has 3 heterocycles. The molecular weight excluding hydrogens is 417 g/mol. The fourth-order valence-corrected chi connectivity index (χ4v) is 4.37. The topological polar surface area (TPSA) is 81.9 Å². The number of rotatable bonds is 3. The molecule has 0 bridgehead atoms. The summed E-state index contributed by atoms with van der Waals surface area (Å²) in [6.45, 7) is 1.87. The zero-order valence-electron chi connectivity index (χ0n) is 16.9. The van der Waals surface area contributed by atoms with E-state index in [1.807, 2.05) is 6.92 Å². The van der Waals surface area contributed by atoms with Gasteiger partial charge in [0.15, 0.2) is 17.6 Å². The molecule has 2 fully saturated rings. The van der Waals surface area contributed by atoms with Crippen molar-refractivity contribution >= 4 is 11.9 Å². The molecule has 2 aliphatic rings. The minimum Gasteiger partial charge on any atom is -0.467 e. The lowest BCUT2D eigenvalue weighted by molar-refractivity contribution is -0.153. The van der Waals surface area contributed by atoms with Crippen LogP contribution in [0.15, 0.2) is 34.9 Å². The van der Waals surface area contributed by atoms with Gasteiger partial charge in [-0.1, -0.05) is 23.4 Å². The molecule has 0 N–H and O–H groups in total. The molecule has 4 atom stereocenters. The summed E-state index contributed by atoms with van der Waals surface area (Å²) in [6.07, 6.45) is -4.02. The van der Waals surface area contributed by atoms with Gasteiger partial charge >= 0.3 is 12.1 Å². The summed E-state index contributed by atoms with van der Waals surface area (Å²) in [7, 11) is 1.27. The Kier molecular flexibility index (Phi) is 5.50. The van der Waals surface area contributed by atoms with Crippen LogP contribution in [0.3, 0.4) is 0 Å². The summed E-state index contributed by atoms with van der Waals surface area (Å²) in [6, 6.07) is 5.65. The minimum atomic E-state index is -4.58. The van der Waals surface area contributed by atoms with Gasteiger partial charge < -0.3 is 18.9 Å². The molecule has 7 nitrogen and oxygen atoms in total. The fourth-order valence-electron chi connectivity index (χ4n) is 4.37. The molecule has 2 aliphatic heterocycles. The number of aromatic nitrogens is 1. The molecular formula is C21H21F3N2O5. The maximum Gasteiger partial charge on any atom is 0.417 e. The molecule has 1 amide bonds. The second-order valence-electron chi connectivity index (χ2n) is 7.75. The second kappa shape index (κ2) is 7.99. The number of esters is 1. The van der Waals surface area contributed by atoms with Crippen LogP contribution in [0.4, 0.5) is 13.2 Å². The zero-order chi connectivity index (χ0) is 22.3. The first kappa shape index (κ1) is 21.4. The summed E-state index contributed by atoms with van der Waals surface area (Å²) < 4.78 is 55.6. The second-order valence-corrected chi connectivity index (χ2v) is 7.75. The van der Waals surface area contributed by atoms with Crippen LogP contribution in [-0.2, 0) is 20.4 Å². The highest BCUT2D eigenvalue weighted by Gasteiger charge is 2.48. The SMILES string of the molecule is COC(=O)C1CC2C(CCC(C)N2C(=O)c2cc(-c3ccccc3C(F)(F)F)on2)O1. The Balaban J connectivity index is 1.61. The lowest BCUT2D eigenvalue weighted by atomic mass is 9.92. The Bertz CT molecular complexity index is 989. The third-order valence-corrected chi connectivity index (χ3v) is 5.85. The van der Waals surface area contributed by atoms with Gasteiger partial charge in [-0.25, -0.2) is 4.79 Å². The van der Waals surface area contributed by atoms with Crippen molar-refractivity contribution in [1.82, 2.24) is 10.1 Å². The van der Waals surface area contributed by atoms with E-state index >= 15 is 0 Å². The lowest BCUT2D eigenvalue weighted by Gasteiger charge is -2.41. The quantitative estimate of drug-likeness (QED) is 0.680. The first-order chi connectivity index (χ1) is 14.7. The number of methoxy groups -OCH3 is 1. The molecule has 10 heteroatoms. The molecule has 0 spiro atoms. The van der Waals surface area contributed by atoms with E-state index in [4.69, 9.17) is 14.0 Å². The predicted molar refractivity (Wildman–Crippen MR) is 101 cm³/mol. The van der Waals surface area contributed by atoms with Crippen LogP contribution >= 0.6 is 0 Å². The van der Waals surface area contributed by atoms with Crippen LogP contribution in [0.5, 0.6) is 0 Å². The van der Waals surface area contributed by atoms with Gasteiger partial charge in [0, 0.05) is 24.1 Å². The van der Waals surface area contributed by atoms with E-state index in [1.54, 1.807) is 4.90 Å². The first-order valence-corrected chi connectivity index (χ1v) is 9.90. The van der Waals surface area contributed by atoms with Gasteiger partial charge in [0.1, 0.15) is 0 Å². The molecule has 4 rings (SSSR count).